The fourth-order valence-corrected chi connectivity index (χ4v) is 4.67. The van der Waals surface area contributed by atoms with Gasteiger partial charge >= 0.3 is 0 Å². The third-order valence-corrected chi connectivity index (χ3v) is 5.35. The normalized spacial score (nSPS) is 18.6. The summed E-state index contributed by atoms with van der Waals surface area (Å²) in [4.78, 5) is 12.8. The summed E-state index contributed by atoms with van der Waals surface area (Å²) in [6.07, 6.45) is 2.61. The summed E-state index contributed by atoms with van der Waals surface area (Å²) in [5, 5.41) is 3.68. The first-order valence-corrected chi connectivity index (χ1v) is 10.1. The lowest BCUT2D eigenvalue weighted by atomic mass is 9.74. The second-order valence-corrected chi connectivity index (χ2v) is 9.23. The maximum Gasteiger partial charge on any atom is 0.163 e. The van der Waals surface area contributed by atoms with Gasteiger partial charge in [0.2, 0.25) is 0 Å². The highest BCUT2D eigenvalue weighted by Crippen LogP contribution is 2.35. The van der Waals surface area contributed by atoms with Crippen LogP contribution in [0.15, 0.2) is 48.5 Å². The lowest BCUT2D eigenvalue weighted by Gasteiger charge is -2.46. The Morgan fingerprint density at radius 2 is 1.64 bits per heavy atom. The number of nitrogens with one attached hydrogen (secondary N) is 1. The lowest BCUT2D eigenvalue weighted by Crippen LogP contribution is -2.57. The minimum Gasteiger partial charge on any atom is -0.457 e. The zero-order valence-electron chi connectivity index (χ0n) is 17.4. The standard InChI is InChI=1S/C24H32N2O2/c1-23(2)14-17(15-24(3,4)26-23)13-21(27)18-9-11-20(12-10-18)28-22-8-6-5-7-19(22)16-25/h5-12,17,26H,13-16,25H2,1-4H3. The number of ether oxygens (including phenoxy) is 1. The molecule has 1 fully saturated rings. The van der Waals surface area contributed by atoms with E-state index < -0.39 is 0 Å². The van der Waals surface area contributed by atoms with Crippen molar-refractivity contribution >= 4 is 5.78 Å². The van der Waals surface area contributed by atoms with E-state index in [2.05, 4.69) is 33.0 Å². The largest absolute Gasteiger partial charge is 0.457 e. The van der Waals surface area contributed by atoms with Gasteiger partial charge in [-0.15, -0.1) is 0 Å². The topological polar surface area (TPSA) is 64.3 Å². The number of para-hydroxylation sites is 1. The van der Waals surface area contributed by atoms with Crippen molar-refractivity contribution in [3.05, 3.63) is 59.7 Å². The van der Waals surface area contributed by atoms with Crippen LogP contribution >= 0.6 is 0 Å². The van der Waals surface area contributed by atoms with E-state index in [1.54, 1.807) is 0 Å². The molecule has 0 saturated carbocycles. The summed E-state index contributed by atoms with van der Waals surface area (Å²) >= 11 is 0. The van der Waals surface area contributed by atoms with Crippen LogP contribution < -0.4 is 15.8 Å². The monoisotopic (exact) mass is 380 g/mol. The smallest absolute Gasteiger partial charge is 0.163 e. The van der Waals surface area contributed by atoms with E-state index in [0.29, 0.717) is 24.6 Å². The average Bonchev–Trinajstić information content (AvgIpc) is 2.60. The second-order valence-electron chi connectivity index (χ2n) is 9.23. The van der Waals surface area contributed by atoms with Crippen LogP contribution in [0.4, 0.5) is 0 Å². The zero-order chi connectivity index (χ0) is 20.4. The summed E-state index contributed by atoms with van der Waals surface area (Å²) in [5.41, 5.74) is 7.58. The van der Waals surface area contributed by atoms with Gasteiger partial charge in [0, 0.05) is 35.2 Å². The first-order valence-electron chi connectivity index (χ1n) is 10.1. The Bertz CT molecular complexity index is 809. The van der Waals surface area contributed by atoms with Gasteiger partial charge in [0.05, 0.1) is 0 Å². The van der Waals surface area contributed by atoms with Crippen molar-refractivity contribution in [1.82, 2.24) is 5.32 Å². The molecule has 2 aromatic carbocycles. The molecule has 3 rings (SSSR count). The molecule has 0 aromatic heterocycles. The average molecular weight is 381 g/mol. The van der Waals surface area contributed by atoms with E-state index in [1.165, 1.54) is 0 Å². The van der Waals surface area contributed by atoms with Gasteiger partial charge < -0.3 is 15.8 Å². The van der Waals surface area contributed by atoms with Gasteiger partial charge in [-0.05, 0) is 76.8 Å². The molecule has 0 atom stereocenters. The van der Waals surface area contributed by atoms with Gasteiger partial charge in [0.1, 0.15) is 11.5 Å². The fraction of sp³-hybridized carbons (Fsp3) is 0.458. The predicted octanol–water partition coefficient (Wildman–Crippen LogP) is 5.07. The van der Waals surface area contributed by atoms with Crippen molar-refractivity contribution in [2.75, 3.05) is 0 Å². The van der Waals surface area contributed by atoms with Crippen LogP contribution in [0, 0.1) is 5.92 Å². The molecular weight excluding hydrogens is 348 g/mol. The van der Waals surface area contributed by atoms with Crippen LogP contribution in [-0.4, -0.2) is 16.9 Å². The first kappa shape index (κ1) is 20.6. The Morgan fingerprint density at radius 3 is 2.25 bits per heavy atom. The summed E-state index contributed by atoms with van der Waals surface area (Å²) in [6.45, 7) is 9.30. The second kappa shape index (κ2) is 8.06. The number of carbonyl (C=O) groups is 1. The molecule has 0 unspecified atom stereocenters. The molecule has 3 N–H and O–H groups in total. The van der Waals surface area contributed by atoms with Gasteiger partial charge in [0.25, 0.3) is 0 Å². The van der Waals surface area contributed by atoms with E-state index in [-0.39, 0.29) is 16.9 Å². The van der Waals surface area contributed by atoms with E-state index in [1.807, 2.05) is 48.5 Å². The number of carbonyl (C=O) groups excluding carboxylic acids is 1. The zero-order valence-corrected chi connectivity index (χ0v) is 17.4. The first-order chi connectivity index (χ1) is 13.2. The van der Waals surface area contributed by atoms with Crippen molar-refractivity contribution < 1.29 is 9.53 Å². The van der Waals surface area contributed by atoms with Crippen LogP contribution in [0.1, 0.15) is 62.9 Å². The molecule has 0 amide bonds. The Balaban J connectivity index is 1.65. The summed E-state index contributed by atoms with van der Waals surface area (Å²) in [5.74, 6) is 2.06. The van der Waals surface area contributed by atoms with Gasteiger partial charge in [0.15, 0.2) is 5.78 Å². The van der Waals surface area contributed by atoms with E-state index in [0.717, 1.165) is 29.7 Å². The molecule has 0 radical (unpaired) electrons. The number of piperidine rings is 1. The quantitative estimate of drug-likeness (QED) is 0.687. The molecule has 2 aromatic rings. The highest BCUT2D eigenvalue weighted by Gasteiger charge is 2.38. The summed E-state index contributed by atoms with van der Waals surface area (Å²) in [6, 6.07) is 15.2. The number of Topliss-reactive ketones (excluding diaryl/α,β-unsaturated/α-hetero) is 1. The van der Waals surface area contributed by atoms with Crippen LogP contribution in [0.5, 0.6) is 11.5 Å². The molecule has 0 bridgehead atoms. The molecule has 0 aliphatic carbocycles. The van der Waals surface area contributed by atoms with Crippen molar-refractivity contribution in [2.45, 2.75) is 64.6 Å². The van der Waals surface area contributed by atoms with E-state index in [4.69, 9.17) is 10.5 Å². The number of rotatable bonds is 6. The fourth-order valence-electron chi connectivity index (χ4n) is 4.67. The lowest BCUT2D eigenvalue weighted by molar-refractivity contribution is 0.0864. The summed E-state index contributed by atoms with van der Waals surface area (Å²) in [7, 11) is 0. The molecule has 1 saturated heterocycles. The van der Waals surface area contributed by atoms with Crippen molar-refractivity contribution in [1.29, 1.82) is 0 Å². The third kappa shape index (κ3) is 5.21. The number of benzene rings is 2. The Kier molecular flexibility index (Phi) is 5.92. The van der Waals surface area contributed by atoms with Gasteiger partial charge in [-0.25, -0.2) is 0 Å². The Labute approximate surface area is 168 Å². The molecule has 1 heterocycles. The predicted molar refractivity (Wildman–Crippen MR) is 114 cm³/mol. The molecule has 28 heavy (non-hydrogen) atoms. The Morgan fingerprint density at radius 1 is 1.04 bits per heavy atom. The number of hydrogen-bond donors (Lipinski definition) is 2. The minimum absolute atomic E-state index is 0.0563. The molecule has 1 aliphatic heterocycles. The van der Waals surface area contributed by atoms with E-state index in [9.17, 15) is 4.79 Å². The highest BCUT2D eigenvalue weighted by atomic mass is 16.5. The molecular formula is C24H32N2O2. The Hall–Kier alpha value is -2.17. The van der Waals surface area contributed by atoms with Crippen LogP contribution in [0.3, 0.4) is 0 Å². The molecule has 0 spiro atoms. The van der Waals surface area contributed by atoms with E-state index >= 15 is 0 Å². The number of hydrogen-bond acceptors (Lipinski definition) is 4. The van der Waals surface area contributed by atoms with Crippen molar-refractivity contribution in [3.63, 3.8) is 0 Å². The van der Waals surface area contributed by atoms with Crippen LogP contribution in [0.25, 0.3) is 0 Å². The molecule has 1 aliphatic rings. The van der Waals surface area contributed by atoms with Crippen LogP contribution in [0.2, 0.25) is 0 Å². The van der Waals surface area contributed by atoms with Gasteiger partial charge in [-0.1, -0.05) is 18.2 Å². The molecule has 4 nitrogen and oxygen atoms in total. The number of ketones is 1. The maximum absolute atomic E-state index is 12.8. The highest BCUT2D eigenvalue weighted by molar-refractivity contribution is 5.96. The molecule has 150 valence electrons. The summed E-state index contributed by atoms with van der Waals surface area (Å²) < 4.78 is 5.94. The van der Waals surface area contributed by atoms with Gasteiger partial charge in [-0.3, -0.25) is 4.79 Å². The molecule has 4 heteroatoms. The third-order valence-electron chi connectivity index (χ3n) is 5.35. The SMILES string of the molecule is CC1(C)CC(CC(=O)c2ccc(Oc3ccccc3CN)cc2)CC(C)(C)N1. The van der Waals surface area contributed by atoms with Gasteiger partial charge in [-0.2, -0.15) is 0 Å². The minimum atomic E-state index is 0.0563. The maximum atomic E-state index is 12.8. The number of nitrogens with two attached hydrogens (primary N) is 1. The van der Waals surface area contributed by atoms with Crippen LogP contribution in [-0.2, 0) is 6.54 Å². The van der Waals surface area contributed by atoms with Crippen molar-refractivity contribution in [2.24, 2.45) is 11.7 Å². The van der Waals surface area contributed by atoms with Crippen molar-refractivity contribution in [3.8, 4) is 11.5 Å².